The Labute approximate surface area is 335 Å². The maximum atomic E-state index is 12.6. The number of nitrogens with zero attached hydrogens (tertiary/aromatic N) is 1. The van der Waals surface area contributed by atoms with Crippen molar-refractivity contribution in [1.82, 2.24) is 0 Å². The SMILES string of the molecule is CCCCCC/C=C\CCCCCCCC(=O)O[C@H](COC(=O)CCC/C=C\C/C=C\C/C=C\C/C=C\CC(O)CCC)COP(=O)(O)OCC[N+](C)(C)C. The lowest BCUT2D eigenvalue weighted by Gasteiger charge is -2.24. The Morgan fingerprint density at radius 1 is 0.636 bits per heavy atom. The summed E-state index contributed by atoms with van der Waals surface area (Å²) in [5.74, 6) is -0.901. The van der Waals surface area contributed by atoms with Gasteiger partial charge in [0.05, 0.1) is 33.9 Å². The fourth-order valence-electron chi connectivity index (χ4n) is 5.25. The lowest BCUT2D eigenvalue weighted by Crippen LogP contribution is -2.37. The highest BCUT2D eigenvalue weighted by molar-refractivity contribution is 7.47. The van der Waals surface area contributed by atoms with Crippen LogP contribution in [0.3, 0.4) is 0 Å². The van der Waals surface area contributed by atoms with Gasteiger partial charge in [-0.3, -0.25) is 18.6 Å². The minimum Gasteiger partial charge on any atom is -0.462 e. The minimum absolute atomic E-state index is 0.0129. The van der Waals surface area contributed by atoms with Crippen molar-refractivity contribution in [3.8, 4) is 0 Å². The van der Waals surface area contributed by atoms with E-state index in [0.29, 0.717) is 30.3 Å². The summed E-state index contributed by atoms with van der Waals surface area (Å²) in [7, 11) is 1.41. The molecule has 318 valence electrons. The van der Waals surface area contributed by atoms with Crippen LogP contribution in [0.25, 0.3) is 0 Å². The van der Waals surface area contributed by atoms with Gasteiger partial charge in [0.25, 0.3) is 0 Å². The zero-order chi connectivity index (χ0) is 40.9. The number of allylic oxidation sites excluding steroid dienone is 9. The molecular weight excluding hydrogens is 717 g/mol. The summed E-state index contributed by atoms with van der Waals surface area (Å²) in [5, 5.41) is 9.73. The van der Waals surface area contributed by atoms with Gasteiger partial charge < -0.3 is 24.0 Å². The van der Waals surface area contributed by atoms with Crippen molar-refractivity contribution in [3.63, 3.8) is 0 Å². The van der Waals surface area contributed by atoms with Gasteiger partial charge in [0.1, 0.15) is 19.8 Å². The molecule has 11 heteroatoms. The lowest BCUT2D eigenvalue weighted by atomic mass is 10.1. The number of hydrogen-bond acceptors (Lipinski definition) is 8. The molecule has 0 fully saturated rings. The minimum atomic E-state index is -4.40. The van der Waals surface area contributed by atoms with Gasteiger partial charge in [0.15, 0.2) is 6.10 Å². The molecule has 0 bridgehead atoms. The number of rotatable bonds is 37. The predicted molar refractivity (Wildman–Crippen MR) is 225 cm³/mol. The van der Waals surface area contributed by atoms with Crippen LogP contribution in [0.4, 0.5) is 0 Å². The molecule has 0 aliphatic heterocycles. The highest BCUT2D eigenvalue weighted by atomic mass is 31.2. The van der Waals surface area contributed by atoms with Gasteiger partial charge >= 0.3 is 19.8 Å². The van der Waals surface area contributed by atoms with Crippen LogP contribution >= 0.6 is 7.82 Å². The maximum absolute atomic E-state index is 12.6. The molecule has 10 nitrogen and oxygen atoms in total. The first-order chi connectivity index (χ1) is 26.4. The van der Waals surface area contributed by atoms with Crippen LogP contribution in [0.1, 0.15) is 149 Å². The number of likely N-dealkylation sites (N-methyl/N-ethyl adjacent to an activating group) is 1. The molecule has 0 spiro atoms. The van der Waals surface area contributed by atoms with Gasteiger partial charge in [0.2, 0.25) is 0 Å². The number of unbranched alkanes of at least 4 members (excludes halogenated alkanes) is 10. The molecule has 3 atom stereocenters. The van der Waals surface area contributed by atoms with E-state index in [4.69, 9.17) is 18.5 Å². The second-order valence-corrected chi connectivity index (χ2v) is 16.7. The molecule has 2 unspecified atom stereocenters. The van der Waals surface area contributed by atoms with Gasteiger partial charge in [-0.05, 0) is 77.0 Å². The first kappa shape index (κ1) is 52.7. The molecule has 0 aliphatic rings. The molecule has 0 rings (SSSR count). The third-order valence-corrected chi connectivity index (χ3v) is 9.56. The fourth-order valence-corrected chi connectivity index (χ4v) is 5.99. The summed E-state index contributed by atoms with van der Waals surface area (Å²) >= 11 is 0. The number of phosphoric acid groups is 1. The summed E-state index contributed by atoms with van der Waals surface area (Å²) in [6, 6.07) is 0. The molecule has 0 amide bonds. The van der Waals surface area contributed by atoms with E-state index in [1.54, 1.807) is 0 Å². The van der Waals surface area contributed by atoms with E-state index in [9.17, 15) is 24.2 Å². The van der Waals surface area contributed by atoms with Crippen LogP contribution in [0, 0.1) is 0 Å². The molecule has 0 saturated carbocycles. The summed E-state index contributed by atoms with van der Waals surface area (Å²) in [6.07, 6.45) is 39.1. The quantitative estimate of drug-likeness (QED) is 0.0207. The van der Waals surface area contributed by atoms with Gasteiger partial charge in [-0.2, -0.15) is 0 Å². The summed E-state index contributed by atoms with van der Waals surface area (Å²) in [6.45, 7) is 4.10. The highest BCUT2D eigenvalue weighted by Gasteiger charge is 2.27. The molecule has 55 heavy (non-hydrogen) atoms. The number of aliphatic hydroxyl groups excluding tert-OH is 1. The largest absolute Gasteiger partial charge is 0.472 e. The van der Waals surface area contributed by atoms with Crippen molar-refractivity contribution in [2.24, 2.45) is 0 Å². The Balaban J connectivity index is 4.52. The smallest absolute Gasteiger partial charge is 0.462 e. The van der Waals surface area contributed by atoms with Crippen molar-refractivity contribution in [3.05, 3.63) is 60.8 Å². The second-order valence-electron chi connectivity index (χ2n) is 15.2. The third-order valence-electron chi connectivity index (χ3n) is 8.58. The second kappa shape index (κ2) is 36.0. The Morgan fingerprint density at radius 2 is 1.16 bits per heavy atom. The Kier molecular flexibility index (Phi) is 34.5. The van der Waals surface area contributed by atoms with Crippen molar-refractivity contribution in [1.29, 1.82) is 0 Å². The van der Waals surface area contributed by atoms with Crippen LogP contribution in [0.15, 0.2) is 60.8 Å². The predicted octanol–water partition coefficient (Wildman–Crippen LogP) is 10.7. The van der Waals surface area contributed by atoms with E-state index in [2.05, 4.69) is 62.5 Å². The molecule has 0 heterocycles. The number of phosphoric ester groups is 1. The number of aliphatic hydroxyl groups is 1. The van der Waals surface area contributed by atoms with Gasteiger partial charge in [-0.1, -0.05) is 120 Å². The monoisotopic (exact) mass is 797 g/mol. The number of carbonyl (C=O) groups is 2. The molecule has 0 aliphatic carbocycles. The maximum Gasteiger partial charge on any atom is 0.472 e. The fraction of sp³-hybridized carbons (Fsp3) is 0.727. The average molecular weight is 797 g/mol. The molecule has 2 N–H and O–H groups in total. The van der Waals surface area contributed by atoms with Crippen LogP contribution in [0.5, 0.6) is 0 Å². The highest BCUT2D eigenvalue weighted by Crippen LogP contribution is 2.43. The number of ether oxygens (including phenoxy) is 2. The van der Waals surface area contributed by atoms with Crippen molar-refractivity contribution in [2.75, 3.05) is 47.5 Å². The first-order valence-corrected chi connectivity index (χ1v) is 22.6. The molecule has 0 saturated heterocycles. The normalized spacial score (nSPS) is 14.8. The summed E-state index contributed by atoms with van der Waals surface area (Å²) in [4.78, 5) is 35.3. The summed E-state index contributed by atoms with van der Waals surface area (Å²) in [5.41, 5.74) is 0. The molecular formula is C44H79NO9P+. The van der Waals surface area contributed by atoms with Gasteiger partial charge in [-0.25, -0.2) is 4.57 Å². The lowest BCUT2D eigenvalue weighted by molar-refractivity contribution is -0.870. The van der Waals surface area contributed by atoms with Gasteiger partial charge in [-0.15, -0.1) is 0 Å². The van der Waals surface area contributed by atoms with E-state index in [-0.39, 0.29) is 32.2 Å². The average Bonchev–Trinajstić information content (AvgIpc) is 3.12. The van der Waals surface area contributed by atoms with E-state index >= 15 is 0 Å². The van der Waals surface area contributed by atoms with Crippen LogP contribution in [0.2, 0.25) is 0 Å². The van der Waals surface area contributed by atoms with Crippen LogP contribution < -0.4 is 0 Å². The Hall–Kier alpha value is -2.33. The number of esters is 2. The Bertz CT molecular complexity index is 1140. The summed E-state index contributed by atoms with van der Waals surface area (Å²) < 4.78 is 34.1. The van der Waals surface area contributed by atoms with E-state index in [1.807, 2.05) is 33.3 Å². The van der Waals surface area contributed by atoms with Gasteiger partial charge in [0, 0.05) is 12.8 Å². The van der Waals surface area contributed by atoms with Crippen LogP contribution in [-0.2, 0) is 32.7 Å². The molecule has 0 aromatic rings. The van der Waals surface area contributed by atoms with Crippen LogP contribution in [-0.4, -0.2) is 86.1 Å². The number of carbonyl (C=O) groups excluding carboxylic acids is 2. The van der Waals surface area contributed by atoms with Crippen molar-refractivity contribution >= 4 is 19.8 Å². The van der Waals surface area contributed by atoms with Crippen molar-refractivity contribution in [2.45, 2.75) is 161 Å². The standard InChI is InChI=1S/C44H78NO9P/c1-6-8-9-10-11-12-13-15-20-23-26-29-32-36-44(48)54-42(40-53-55(49,50)52-38-37-45(3,4)5)39-51-43(47)35-31-28-25-22-19-17-14-16-18-21-24-27-30-34-41(46)33-7-2/h12-14,17-18,21-22,25,27,30,41-42,46H,6-11,15-16,19-20,23-24,26,28-29,31-40H2,1-5H3/p+1/b13-12-,17-14-,21-18-,25-22-,30-27-/t41?,42-/m1/s1. The van der Waals surface area contributed by atoms with Crippen molar-refractivity contribution < 1.29 is 47.2 Å². The number of quaternary nitrogens is 1. The van der Waals surface area contributed by atoms with E-state index in [0.717, 1.165) is 77.0 Å². The first-order valence-electron chi connectivity index (χ1n) is 21.1. The zero-order valence-electron chi connectivity index (χ0n) is 35.3. The molecule has 0 aromatic heterocycles. The Morgan fingerprint density at radius 3 is 1.78 bits per heavy atom. The molecule has 0 radical (unpaired) electrons. The topological polar surface area (TPSA) is 129 Å². The molecule has 0 aromatic carbocycles. The van der Waals surface area contributed by atoms with E-state index < -0.39 is 32.5 Å². The van der Waals surface area contributed by atoms with E-state index in [1.165, 1.54) is 25.7 Å². The third kappa shape index (κ3) is 39.7. The zero-order valence-corrected chi connectivity index (χ0v) is 36.1. The number of hydrogen-bond donors (Lipinski definition) is 2.